The van der Waals surface area contributed by atoms with E-state index in [0.717, 1.165) is 0 Å². The zero-order valence-electron chi connectivity index (χ0n) is 16.8. The minimum atomic E-state index is -0.732. The number of ether oxygens (including phenoxy) is 2. The van der Waals surface area contributed by atoms with Crippen LogP contribution in [0.25, 0.3) is 0 Å². The summed E-state index contributed by atoms with van der Waals surface area (Å²) in [4.78, 5) is 25.9. The molecule has 0 N–H and O–H groups in total. The predicted octanol–water partition coefficient (Wildman–Crippen LogP) is 3.14. The molecule has 0 aromatic carbocycles. The lowest BCUT2D eigenvalue weighted by Crippen LogP contribution is -2.44. The van der Waals surface area contributed by atoms with E-state index >= 15 is 0 Å². The molecule has 7 heteroatoms. The molecule has 2 saturated carbocycles. The highest BCUT2D eigenvalue weighted by atomic mass is 16.7. The molecule has 3 fully saturated rings. The van der Waals surface area contributed by atoms with Crippen LogP contribution in [0.1, 0.15) is 67.2 Å². The maximum atomic E-state index is 13.0. The topological polar surface area (TPSA) is 71.1 Å². The first-order chi connectivity index (χ1) is 12.1. The molecule has 26 heavy (non-hydrogen) atoms. The molecular weight excluding hydrogens is 335 g/mol. The second-order valence-electron chi connectivity index (χ2n) is 8.86. The van der Waals surface area contributed by atoms with Crippen LogP contribution in [0.2, 0.25) is 5.82 Å². The van der Waals surface area contributed by atoms with E-state index in [1.165, 1.54) is 0 Å². The average Bonchev–Trinajstić information content (AvgIpc) is 3.13. The highest BCUT2D eigenvalue weighted by Gasteiger charge is 2.75. The van der Waals surface area contributed by atoms with Gasteiger partial charge in [-0.3, -0.25) is 9.59 Å². The molecule has 1 saturated heterocycles. The van der Waals surface area contributed by atoms with Gasteiger partial charge in [0.1, 0.15) is 0 Å². The van der Waals surface area contributed by atoms with E-state index in [2.05, 4.69) is 0 Å². The van der Waals surface area contributed by atoms with E-state index in [9.17, 15) is 9.59 Å². The van der Waals surface area contributed by atoms with Gasteiger partial charge in [-0.05, 0) is 67.2 Å². The van der Waals surface area contributed by atoms with Gasteiger partial charge in [0.05, 0.1) is 35.2 Å². The van der Waals surface area contributed by atoms with Crippen LogP contribution in [0, 0.1) is 10.8 Å². The minimum absolute atomic E-state index is 0.233. The van der Waals surface area contributed by atoms with E-state index in [-0.39, 0.29) is 17.8 Å². The van der Waals surface area contributed by atoms with Crippen molar-refractivity contribution < 1.29 is 28.4 Å². The first-order valence-electron chi connectivity index (χ1n) is 9.76. The molecular formula is C19H31BO6. The zero-order valence-corrected chi connectivity index (χ0v) is 16.8. The summed E-state index contributed by atoms with van der Waals surface area (Å²) in [5.41, 5.74) is -2.51. The van der Waals surface area contributed by atoms with Crippen LogP contribution in [0.15, 0.2) is 0 Å². The Morgan fingerprint density at radius 3 is 1.50 bits per heavy atom. The highest BCUT2D eigenvalue weighted by Crippen LogP contribution is 2.71. The van der Waals surface area contributed by atoms with Gasteiger partial charge < -0.3 is 18.8 Å². The predicted molar refractivity (Wildman–Crippen MR) is 96.4 cm³/mol. The molecule has 2 bridgehead atoms. The van der Waals surface area contributed by atoms with Crippen LogP contribution in [0.5, 0.6) is 0 Å². The smallest absolute Gasteiger partial charge is 0.463 e. The summed E-state index contributed by atoms with van der Waals surface area (Å²) < 4.78 is 23.4. The van der Waals surface area contributed by atoms with Crippen LogP contribution < -0.4 is 0 Å². The van der Waals surface area contributed by atoms with Crippen molar-refractivity contribution in [3.05, 3.63) is 0 Å². The third-order valence-corrected chi connectivity index (χ3v) is 7.13. The Labute approximate surface area is 156 Å². The van der Waals surface area contributed by atoms with Crippen LogP contribution in [-0.4, -0.2) is 43.5 Å². The number of fused-ring (bicyclic) bond motifs is 2. The van der Waals surface area contributed by atoms with E-state index in [1.54, 1.807) is 13.8 Å². The lowest BCUT2D eigenvalue weighted by atomic mass is 9.55. The molecule has 0 radical (unpaired) electrons. The van der Waals surface area contributed by atoms with Gasteiger partial charge in [-0.25, -0.2) is 0 Å². The summed E-state index contributed by atoms with van der Waals surface area (Å²) in [6, 6.07) is 0. The van der Waals surface area contributed by atoms with Crippen molar-refractivity contribution in [3.63, 3.8) is 0 Å². The number of carbonyl (C=O) groups excluding carboxylic acids is 2. The molecule has 2 aliphatic carbocycles. The maximum Gasteiger partial charge on any atom is 0.463 e. The summed E-state index contributed by atoms with van der Waals surface area (Å²) in [5, 5.41) is 0. The molecule has 0 aromatic heterocycles. The fraction of sp³-hybridized carbons (Fsp3) is 0.895. The lowest BCUT2D eigenvalue weighted by Gasteiger charge is -2.33. The largest absolute Gasteiger partial charge is 0.466 e. The summed E-state index contributed by atoms with van der Waals surface area (Å²) in [7, 11) is -0.626. The Balaban J connectivity index is 2.02. The molecule has 1 aliphatic heterocycles. The van der Waals surface area contributed by atoms with E-state index < -0.39 is 29.2 Å². The number of rotatable bonds is 5. The van der Waals surface area contributed by atoms with Gasteiger partial charge in [0.15, 0.2) is 0 Å². The molecule has 0 atom stereocenters. The third-order valence-electron chi connectivity index (χ3n) is 7.13. The van der Waals surface area contributed by atoms with Crippen molar-refractivity contribution in [1.82, 2.24) is 0 Å². The molecule has 0 aromatic rings. The molecule has 146 valence electrons. The SMILES string of the molecule is CCOC(=O)C12CCC(C(=O)OCC)(CC1)C2B1OC(C)(C)C(C)(C)O1. The number of hydrogen-bond acceptors (Lipinski definition) is 6. The highest BCUT2D eigenvalue weighted by molar-refractivity contribution is 6.49. The number of carbonyl (C=O) groups is 2. The van der Waals surface area contributed by atoms with Crippen molar-refractivity contribution in [2.45, 2.75) is 84.2 Å². The second kappa shape index (κ2) is 6.23. The molecule has 0 spiro atoms. The summed E-state index contributed by atoms with van der Waals surface area (Å²) in [6.07, 6.45) is 2.44. The van der Waals surface area contributed by atoms with Crippen molar-refractivity contribution in [1.29, 1.82) is 0 Å². The van der Waals surface area contributed by atoms with Gasteiger partial charge >= 0.3 is 19.1 Å². The molecule has 0 amide bonds. The van der Waals surface area contributed by atoms with Gasteiger partial charge in [-0.15, -0.1) is 0 Å². The maximum absolute atomic E-state index is 13.0. The van der Waals surface area contributed by atoms with Crippen molar-refractivity contribution in [3.8, 4) is 0 Å². The minimum Gasteiger partial charge on any atom is -0.466 e. The molecule has 0 unspecified atom stereocenters. The van der Waals surface area contributed by atoms with E-state index in [4.69, 9.17) is 18.8 Å². The number of hydrogen-bond donors (Lipinski definition) is 0. The fourth-order valence-corrected chi connectivity index (χ4v) is 5.05. The second-order valence-corrected chi connectivity index (χ2v) is 8.86. The lowest BCUT2D eigenvalue weighted by molar-refractivity contribution is -0.155. The van der Waals surface area contributed by atoms with Gasteiger partial charge in [0.25, 0.3) is 0 Å². The summed E-state index contributed by atoms with van der Waals surface area (Å²) in [5.74, 6) is -0.846. The summed E-state index contributed by atoms with van der Waals surface area (Å²) >= 11 is 0. The number of esters is 2. The van der Waals surface area contributed by atoms with Gasteiger partial charge in [-0.2, -0.15) is 0 Å². The Hall–Kier alpha value is -1.08. The Morgan fingerprint density at radius 1 is 0.846 bits per heavy atom. The van der Waals surface area contributed by atoms with Gasteiger partial charge in [0, 0.05) is 5.82 Å². The zero-order chi connectivity index (χ0) is 19.4. The van der Waals surface area contributed by atoms with E-state index in [0.29, 0.717) is 38.9 Å². The first kappa shape index (κ1) is 19.7. The molecule has 3 aliphatic rings. The Bertz CT molecular complexity index is 541. The average molecular weight is 366 g/mol. The van der Waals surface area contributed by atoms with Crippen molar-refractivity contribution >= 4 is 19.1 Å². The van der Waals surface area contributed by atoms with Crippen LogP contribution >= 0.6 is 0 Å². The normalized spacial score (nSPS) is 37.0. The quantitative estimate of drug-likeness (QED) is 0.550. The van der Waals surface area contributed by atoms with Crippen LogP contribution in [0.4, 0.5) is 0 Å². The van der Waals surface area contributed by atoms with E-state index in [1.807, 2.05) is 27.7 Å². The Kier molecular flexibility index (Phi) is 4.72. The van der Waals surface area contributed by atoms with Gasteiger partial charge in [-0.1, -0.05) is 0 Å². The summed E-state index contributed by atoms with van der Waals surface area (Å²) in [6.45, 7) is 12.2. The first-order valence-corrected chi connectivity index (χ1v) is 9.76. The standard InChI is InChI=1S/C19H31BO6/c1-7-23-14(21)18-9-11-19(12-10-18,15(22)24-8-2)13(18)20-25-16(3,4)17(5,6)26-20/h13H,7-12H2,1-6H3. The Morgan fingerprint density at radius 2 is 1.19 bits per heavy atom. The monoisotopic (exact) mass is 366 g/mol. The van der Waals surface area contributed by atoms with Crippen LogP contribution in [-0.2, 0) is 28.4 Å². The fourth-order valence-electron chi connectivity index (χ4n) is 5.05. The van der Waals surface area contributed by atoms with Crippen LogP contribution in [0.3, 0.4) is 0 Å². The molecule has 6 nitrogen and oxygen atoms in total. The third kappa shape index (κ3) is 2.54. The van der Waals surface area contributed by atoms with Crippen molar-refractivity contribution in [2.75, 3.05) is 13.2 Å². The molecule has 1 heterocycles. The molecule has 3 rings (SSSR count). The van der Waals surface area contributed by atoms with Gasteiger partial charge in [0.2, 0.25) is 0 Å². The van der Waals surface area contributed by atoms with Crippen molar-refractivity contribution in [2.24, 2.45) is 10.8 Å².